The Kier molecular flexibility index (Phi) is 17.4. The predicted molar refractivity (Wildman–Crippen MR) is 132 cm³/mol. The minimum absolute atomic E-state index is 0.000745. The second-order valence-corrected chi connectivity index (χ2v) is 9.50. The van der Waals surface area contributed by atoms with E-state index in [0.717, 1.165) is 31.2 Å². The van der Waals surface area contributed by atoms with Crippen molar-refractivity contribution in [3.05, 3.63) is 35.9 Å². The first-order chi connectivity index (χ1) is 15.1. The third kappa shape index (κ3) is 14.2. The maximum absolute atomic E-state index is 11.1. The van der Waals surface area contributed by atoms with Gasteiger partial charge in [-0.2, -0.15) is 0 Å². The highest BCUT2D eigenvalue weighted by Gasteiger charge is 2.37. The molecule has 0 saturated heterocycles. The van der Waals surface area contributed by atoms with Crippen molar-refractivity contribution in [3.63, 3.8) is 0 Å². The normalized spacial score (nSPS) is 14.5. The number of thioether (sulfide) groups is 1. The molecular formula is C26H46O4S. The van der Waals surface area contributed by atoms with Crippen molar-refractivity contribution in [1.29, 1.82) is 0 Å². The highest BCUT2D eigenvalue weighted by Crippen LogP contribution is 2.27. The van der Waals surface area contributed by atoms with Gasteiger partial charge in [-0.1, -0.05) is 108 Å². The molecule has 0 heterocycles. The van der Waals surface area contributed by atoms with Crippen LogP contribution in [0, 0.1) is 0 Å². The molecule has 0 saturated carbocycles. The van der Waals surface area contributed by atoms with Crippen LogP contribution >= 0.6 is 11.8 Å². The Morgan fingerprint density at radius 1 is 0.806 bits per heavy atom. The zero-order valence-corrected chi connectivity index (χ0v) is 20.7. The second-order valence-electron chi connectivity index (χ2n) is 8.43. The van der Waals surface area contributed by atoms with E-state index in [0.29, 0.717) is 19.0 Å². The summed E-state index contributed by atoms with van der Waals surface area (Å²) in [6.45, 7) is 5.46. The topological polar surface area (TPSA) is 58.9 Å². The maximum atomic E-state index is 11.1. The first kappa shape index (κ1) is 28.4. The van der Waals surface area contributed by atoms with Crippen molar-refractivity contribution in [2.75, 3.05) is 19.8 Å². The molecule has 0 aliphatic carbocycles. The Balaban J connectivity index is 2.41. The van der Waals surface area contributed by atoms with Crippen molar-refractivity contribution >= 4 is 11.8 Å². The highest BCUT2D eigenvalue weighted by atomic mass is 32.2. The monoisotopic (exact) mass is 454 g/mol. The lowest BCUT2D eigenvalue weighted by Gasteiger charge is -2.32. The minimum atomic E-state index is -1.68. The lowest BCUT2D eigenvalue weighted by Crippen LogP contribution is -2.48. The van der Waals surface area contributed by atoms with Crippen LogP contribution in [0.2, 0.25) is 0 Å². The summed E-state index contributed by atoms with van der Waals surface area (Å²) in [5, 5.41) is 21.8. The SMILES string of the molecule is CCCCCCCCOCC(O)(OCCCCCCCC)C(O)SCc1ccccc1. The van der Waals surface area contributed by atoms with Gasteiger partial charge in [0.1, 0.15) is 6.61 Å². The minimum Gasteiger partial charge on any atom is -0.377 e. The summed E-state index contributed by atoms with van der Waals surface area (Å²) in [6, 6.07) is 9.97. The fourth-order valence-electron chi connectivity index (χ4n) is 3.40. The summed E-state index contributed by atoms with van der Waals surface area (Å²) in [7, 11) is 0. The van der Waals surface area contributed by atoms with Crippen LogP contribution in [-0.4, -0.2) is 41.3 Å². The molecule has 2 unspecified atom stereocenters. The molecule has 0 spiro atoms. The summed E-state index contributed by atoms with van der Waals surface area (Å²) in [4.78, 5) is 0. The Morgan fingerprint density at radius 3 is 1.97 bits per heavy atom. The molecule has 1 rings (SSSR count). The third-order valence-electron chi connectivity index (χ3n) is 5.44. The van der Waals surface area contributed by atoms with Crippen LogP contribution in [0.5, 0.6) is 0 Å². The summed E-state index contributed by atoms with van der Waals surface area (Å²) in [5.41, 5.74) is 0.0511. The van der Waals surface area contributed by atoms with Gasteiger partial charge in [-0.25, -0.2) is 0 Å². The average molecular weight is 455 g/mol. The molecule has 1 aromatic carbocycles. The molecule has 0 aliphatic heterocycles. The van der Waals surface area contributed by atoms with Crippen LogP contribution < -0.4 is 0 Å². The number of hydrogen-bond donors (Lipinski definition) is 2. The van der Waals surface area contributed by atoms with E-state index in [1.54, 1.807) is 0 Å². The van der Waals surface area contributed by atoms with Gasteiger partial charge in [-0.15, -0.1) is 11.8 Å². The lowest BCUT2D eigenvalue weighted by molar-refractivity contribution is -0.259. The number of rotatable bonds is 21. The fraction of sp³-hybridized carbons (Fsp3) is 0.769. The van der Waals surface area contributed by atoms with Gasteiger partial charge in [0.05, 0.1) is 6.61 Å². The molecule has 0 radical (unpaired) electrons. The van der Waals surface area contributed by atoms with Crippen molar-refractivity contribution in [1.82, 2.24) is 0 Å². The zero-order chi connectivity index (χ0) is 22.6. The second kappa shape index (κ2) is 18.9. The van der Waals surface area contributed by atoms with E-state index in [2.05, 4.69) is 13.8 Å². The van der Waals surface area contributed by atoms with Crippen LogP contribution in [0.4, 0.5) is 0 Å². The van der Waals surface area contributed by atoms with Gasteiger partial charge in [0.15, 0.2) is 5.44 Å². The van der Waals surface area contributed by atoms with Crippen LogP contribution in [0.25, 0.3) is 0 Å². The standard InChI is InChI=1S/C26H46O4S/c1-3-5-7-9-11-16-20-29-23-26(28,30-21-17-12-10-8-6-4-2)25(27)31-22-24-18-14-13-15-19-24/h13-15,18-19,25,27-28H,3-12,16-17,20-23H2,1-2H3. The maximum Gasteiger partial charge on any atom is 0.226 e. The lowest BCUT2D eigenvalue weighted by atomic mass is 10.1. The summed E-state index contributed by atoms with van der Waals surface area (Å²) < 4.78 is 11.5. The summed E-state index contributed by atoms with van der Waals surface area (Å²) in [5.74, 6) is -1.06. The molecule has 0 fully saturated rings. The number of ether oxygens (including phenoxy) is 2. The van der Waals surface area contributed by atoms with Crippen LogP contribution in [-0.2, 0) is 15.2 Å². The summed E-state index contributed by atoms with van der Waals surface area (Å²) >= 11 is 1.29. The van der Waals surface area contributed by atoms with E-state index in [1.807, 2.05) is 30.3 Å². The Hall–Kier alpha value is -0.590. The largest absolute Gasteiger partial charge is 0.377 e. The Bertz CT molecular complexity index is 513. The molecule has 4 nitrogen and oxygen atoms in total. The molecule has 180 valence electrons. The number of benzene rings is 1. The molecule has 0 bridgehead atoms. The smallest absolute Gasteiger partial charge is 0.226 e. The first-order valence-electron chi connectivity index (χ1n) is 12.4. The van der Waals surface area contributed by atoms with Crippen molar-refractivity contribution < 1.29 is 19.7 Å². The first-order valence-corrected chi connectivity index (χ1v) is 13.4. The number of aliphatic hydroxyl groups excluding tert-OH is 1. The van der Waals surface area contributed by atoms with Crippen molar-refractivity contribution in [2.45, 2.75) is 108 Å². The van der Waals surface area contributed by atoms with E-state index in [9.17, 15) is 10.2 Å². The van der Waals surface area contributed by atoms with Gasteiger partial charge in [0, 0.05) is 12.4 Å². The molecular weight excluding hydrogens is 408 g/mol. The van der Waals surface area contributed by atoms with Crippen LogP contribution in [0.1, 0.15) is 96.5 Å². The fourth-order valence-corrected chi connectivity index (χ4v) is 4.34. The van der Waals surface area contributed by atoms with Crippen LogP contribution in [0.15, 0.2) is 30.3 Å². The molecule has 2 N–H and O–H groups in total. The van der Waals surface area contributed by atoms with E-state index < -0.39 is 11.2 Å². The average Bonchev–Trinajstić information content (AvgIpc) is 2.79. The number of hydrogen-bond acceptors (Lipinski definition) is 5. The molecule has 0 aromatic heterocycles. The Morgan fingerprint density at radius 2 is 1.35 bits per heavy atom. The molecule has 0 aliphatic rings. The van der Waals surface area contributed by atoms with E-state index in [4.69, 9.17) is 9.47 Å². The molecule has 1 aromatic rings. The molecule has 2 atom stereocenters. The van der Waals surface area contributed by atoms with Gasteiger partial charge in [-0.05, 0) is 18.4 Å². The molecule has 5 heteroatoms. The van der Waals surface area contributed by atoms with Crippen LogP contribution in [0.3, 0.4) is 0 Å². The van der Waals surface area contributed by atoms with Gasteiger partial charge in [-0.3, -0.25) is 0 Å². The molecule has 31 heavy (non-hydrogen) atoms. The van der Waals surface area contributed by atoms with Gasteiger partial charge in [0.2, 0.25) is 5.79 Å². The van der Waals surface area contributed by atoms with E-state index >= 15 is 0 Å². The number of aliphatic hydroxyl groups is 2. The van der Waals surface area contributed by atoms with Crippen molar-refractivity contribution in [2.24, 2.45) is 0 Å². The zero-order valence-electron chi connectivity index (χ0n) is 19.9. The van der Waals surface area contributed by atoms with Gasteiger partial charge >= 0.3 is 0 Å². The summed E-state index contributed by atoms with van der Waals surface area (Å²) in [6.07, 6.45) is 14.1. The van der Waals surface area contributed by atoms with Gasteiger partial charge in [0.25, 0.3) is 0 Å². The number of unbranched alkanes of at least 4 members (excludes halogenated alkanes) is 10. The van der Waals surface area contributed by atoms with Gasteiger partial charge < -0.3 is 19.7 Å². The van der Waals surface area contributed by atoms with E-state index in [1.165, 1.54) is 63.1 Å². The Labute approximate surface area is 195 Å². The quantitative estimate of drug-likeness (QED) is 0.160. The third-order valence-corrected chi connectivity index (χ3v) is 6.62. The van der Waals surface area contributed by atoms with Crippen molar-refractivity contribution in [3.8, 4) is 0 Å². The highest BCUT2D eigenvalue weighted by molar-refractivity contribution is 7.99. The van der Waals surface area contributed by atoms with E-state index in [-0.39, 0.29) is 6.61 Å². The predicted octanol–water partition coefficient (Wildman–Crippen LogP) is 6.68. The molecule has 0 amide bonds.